The molecule has 1 fully saturated rings. The quantitative estimate of drug-likeness (QED) is 0.700. The maximum absolute atomic E-state index is 9.40. The van der Waals surface area contributed by atoms with E-state index in [1.807, 2.05) is 24.3 Å². The Balaban J connectivity index is 0.00000182. The summed E-state index contributed by atoms with van der Waals surface area (Å²) >= 11 is 0. The second kappa shape index (κ2) is 7.55. The Labute approximate surface area is 151 Å². The van der Waals surface area contributed by atoms with Gasteiger partial charge in [-0.3, -0.25) is 0 Å². The van der Waals surface area contributed by atoms with E-state index in [9.17, 15) is 5.11 Å². The summed E-state index contributed by atoms with van der Waals surface area (Å²) in [7, 11) is 0. The molecule has 0 saturated carbocycles. The van der Waals surface area contributed by atoms with E-state index in [1.54, 1.807) is 24.3 Å². The maximum atomic E-state index is 9.40. The van der Waals surface area contributed by atoms with Gasteiger partial charge in [-0.2, -0.15) is 4.98 Å². The lowest BCUT2D eigenvalue weighted by atomic mass is 10.2. The lowest BCUT2D eigenvalue weighted by molar-refractivity contribution is 0.122. The van der Waals surface area contributed by atoms with Crippen LogP contribution in [0.15, 0.2) is 48.5 Å². The zero-order chi connectivity index (χ0) is 16.4. The molecular weight excluding hydrogens is 340 g/mol. The lowest BCUT2D eigenvalue weighted by Gasteiger charge is -2.29. The van der Waals surface area contributed by atoms with Gasteiger partial charge in [0, 0.05) is 24.2 Å². The molecule has 130 valence electrons. The molecule has 1 aliphatic rings. The zero-order valence-corrected chi connectivity index (χ0v) is 14.4. The van der Waals surface area contributed by atoms with Gasteiger partial charge in [0.25, 0.3) is 0 Å². The van der Waals surface area contributed by atoms with Crippen molar-refractivity contribution in [1.29, 1.82) is 0 Å². The van der Waals surface area contributed by atoms with E-state index in [2.05, 4.69) is 15.2 Å². The predicted octanol–water partition coefficient (Wildman–Crippen LogP) is 3.34. The van der Waals surface area contributed by atoms with Crippen molar-refractivity contribution in [1.82, 2.24) is 9.97 Å². The molecule has 0 unspecified atom stereocenters. The minimum Gasteiger partial charge on any atom is -0.508 e. The molecule has 0 aliphatic carbocycles. The molecule has 0 spiro atoms. The number of hydrogen-bond donors (Lipinski definition) is 2. The van der Waals surface area contributed by atoms with Crippen LogP contribution < -0.4 is 10.2 Å². The normalized spacial score (nSPS) is 14.2. The monoisotopic (exact) mass is 358 g/mol. The molecule has 2 N–H and O–H groups in total. The highest BCUT2D eigenvalue weighted by Crippen LogP contribution is 2.27. The van der Waals surface area contributed by atoms with E-state index in [1.165, 1.54) is 0 Å². The third-order valence-corrected chi connectivity index (χ3v) is 4.02. The smallest absolute Gasteiger partial charge is 0.229 e. The topological polar surface area (TPSA) is 70.5 Å². The van der Waals surface area contributed by atoms with Gasteiger partial charge in [-0.15, -0.1) is 12.4 Å². The van der Waals surface area contributed by atoms with Crippen molar-refractivity contribution in [2.45, 2.75) is 0 Å². The highest BCUT2D eigenvalue weighted by Gasteiger charge is 2.17. The predicted molar refractivity (Wildman–Crippen MR) is 101 cm³/mol. The molecule has 7 heteroatoms. The molecular formula is C18H19ClN4O2. The third-order valence-electron chi connectivity index (χ3n) is 4.02. The lowest BCUT2D eigenvalue weighted by Crippen LogP contribution is -2.37. The van der Waals surface area contributed by atoms with Crippen molar-refractivity contribution < 1.29 is 9.84 Å². The highest BCUT2D eigenvalue weighted by atomic mass is 35.5. The Morgan fingerprint density at radius 1 is 0.960 bits per heavy atom. The van der Waals surface area contributed by atoms with Crippen molar-refractivity contribution in [3.8, 4) is 5.75 Å². The van der Waals surface area contributed by atoms with Gasteiger partial charge >= 0.3 is 0 Å². The average Bonchev–Trinajstić information content (AvgIpc) is 2.64. The second-order valence-electron chi connectivity index (χ2n) is 5.66. The minimum atomic E-state index is 0. The number of rotatable bonds is 3. The van der Waals surface area contributed by atoms with Gasteiger partial charge < -0.3 is 20.1 Å². The molecule has 1 aromatic heterocycles. The molecule has 0 radical (unpaired) electrons. The molecule has 4 rings (SSSR count). The summed E-state index contributed by atoms with van der Waals surface area (Å²) in [6.07, 6.45) is 0. The van der Waals surface area contributed by atoms with Crippen LogP contribution in [-0.2, 0) is 4.74 Å². The summed E-state index contributed by atoms with van der Waals surface area (Å²) in [5.74, 6) is 1.69. The van der Waals surface area contributed by atoms with E-state index in [-0.39, 0.29) is 18.2 Å². The second-order valence-corrected chi connectivity index (χ2v) is 5.66. The number of aromatic hydroxyl groups is 1. The van der Waals surface area contributed by atoms with Gasteiger partial charge in [0.2, 0.25) is 5.95 Å². The average molecular weight is 359 g/mol. The van der Waals surface area contributed by atoms with E-state index < -0.39 is 0 Å². The van der Waals surface area contributed by atoms with E-state index in [0.717, 1.165) is 35.5 Å². The number of anilines is 3. The number of phenols is 1. The van der Waals surface area contributed by atoms with Crippen LogP contribution in [0.3, 0.4) is 0 Å². The Morgan fingerprint density at radius 2 is 1.68 bits per heavy atom. The molecule has 1 aliphatic heterocycles. The van der Waals surface area contributed by atoms with Crippen LogP contribution in [0.1, 0.15) is 0 Å². The van der Waals surface area contributed by atoms with Crippen molar-refractivity contribution >= 4 is 40.8 Å². The van der Waals surface area contributed by atoms with Crippen LogP contribution in [-0.4, -0.2) is 41.4 Å². The van der Waals surface area contributed by atoms with Crippen molar-refractivity contribution in [2.75, 3.05) is 36.5 Å². The van der Waals surface area contributed by atoms with Crippen LogP contribution in [0.5, 0.6) is 5.75 Å². The minimum absolute atomic E-state index is 0. The van der Waals surface area contributed by atoms with Gasteiger partial charge in [-0.1, -0.05) is 12.1 Å². The summed E-state index contributed by atoms with van der Waals surface area (Å²) in [6, 6.07) is 14.9. The van der Waals surface area contributed by atoms with Crippen LogP contribution in [0, 0.1) is 0 Å². The number of para-hydroxylation sites is 1. The van der Waals surface area contributed by atoms with E-state index in [4.69, 9.17) is 9.72 Å². The first-order valence-electron chi connectivity index (χ1n) is 7.95. The Bertz CT molecular complexity index is 851. The number of ether oxygens (including phenoxy) is 1. The molecule has 0 amide bonds. The number of aromatic nitrogens is 2. The summed E-state index contributed by atoms with van der Waals surface area (Å²) in [6.45, 7) is 3.05. The summed E-state index contributed by atoms with van der Waals surface area (Å²) in [5, 5.41) is 13.7. The van der Waals surface area contributed by atoms with E-state index in [0.29, 0.717) is 19.2 Å². The fourth-order valence-corrected chi connectivity index (χ4v) is 2.81. The fourth-order valence-electron chi connectivity index (χ4n) is 2.81. The number of fused-ring (bicyclic) bond motifs is 1. The highest BCUT2D eigenvalue weighted by molar-refractivity contribution is 5.90. The van der Waals surface area contributed by atoms with E-state index >= 15 is 0 Å². The summed E-state index contributed by atoms with van der Waals surface area (Å²) < 4.78 is 5.45. The number of benzene rings is 2. The SMILES string of the molecule is Cl.Oc1ccc(Nc2nc(N3CCOCC3)c3ccccc3n2)cc1. The summed E-state index contributed by atoms with van der Waals surface area (Å²) in [5.41, 5.74) is 1.73. The molecule has 1 saturated heterocycles. The van der Waals surface area contributed by atoms with Crippen LogP contribution in [0.4, 0.5) is 17.5 Å². The Morgan fingerprint density at radius 3 is 2.44 bits per heavy atom. The Hall–Kier alpha value is -2.57. The molecule has 0 atom stereocenters. The van der Waals surface area contributed by atoms with Gasteiger partial charge in [0.05, 0.1) is 18.7 Å². The van der Waals surface area contributed by atoms with Crippen molar-refractivity contribution in [2.24, 2.45) is 0 Å². The van der Waals surface area contributed by atoms with Gasteiger partial charge in [0.1, 0.15) is 11.6 Å². The molecule has 0 bridgehead atoms. The van der Waals surface area contributed by atoms with Crippen molar-refractivity contribution in [3.05, 3.63) is 48.5 Å². The fraction of sp³-hybridized carbons (Fsp3) is 0.222. The molecule has 2 heterocycles. The number of phenolic OH excluding ortho intramolecular Hbond substituents is 1. The van der Waals surface area contributed by atoms with Gasteiger partial charge in [-0.05, 0) is 36.4 Å². The zero-order valence-electron chi connectivity index (χ0n) is 13.6. The number of morpholine rings is 1. The first-order chi connectivity index (χ1) is 11.8. The largest absolute Gasteiger partial charge is 0.508 e. The molecule has 2 aromatic carbocycles. The van der Waals surface area contributed by atoms with Gasteiger partial charge in [-0.25, -0.2) is 4.98 Å². The number of hydrogen-bond acceptors (Lipinski definition) is 6. The molecule has 3 aromatic rings. The summed E-state index contributed by atoms with van der Waals surface area (Å²) in [4.78, 5) is 11.6. The van der Waals surface area contributed by atoms with Crippen LogP contribution in [0.25, 0.3) is 10.9 Å². The Kier molecular flexibility index (Phi) is 5.21. The molecule has 6 nitrogen and oxygen atoms in total. The molecule has 25 heavy (non-hydrogen) atoms. The maximum Gasteiger partial charge on any atom is 0.229 e. The van der Waals surface area contributed by atoms with Crippen molar-refractivity contribution in [3.63, 3.8) is 0 Å². The number of halogens is 1. The van der Waals surface area contributed by atoms with Crippen LogP contribution >= 0.6 is 12.4 Å². The third kappa shape index (κ3) is 3.75. The van der Waals surface area contributed by atoms with Crippen LogP contribution in [0.2, 0.25) is 0 Å². The van der Waals surface area contributed by atoms with Gasteiger partial charge in [0.15, 0.2) is 0 Å². The number of nitrogens with one attached hydrogen (secondary N) is 1. The first kappa shape index (κ1) is 17.3. The first-order valence-corrected chi connectivity index (χ1v) is 7.95. The number of nitrogens with zero attached hydrogens (tertiary/aromatic N) is 3. The standard InChI is InChI=1S/C18H18N4O2.ClH/c23-14-7-5-13(6-8-14)19-18-20-16-4-2-1-3-15(16)17(21-18)22-9-11-24-12-10-22;/h1-8,23H,9-12H2,(H,19,20,21);1H.